The molecule has 0 aliphatic heterocycles. The maximum absolute atomic E-state index is 6.32. The largest absolute Gasteiger partial charge is 0.497 e. The topological polar surface area (TPSA) is 21.3 Å². The van der Waals surface area contributed by atoms with Gasteiger partial charge in [0.25, 0.3) is 0 Å². The van der Waals surface area contributed by atoms with E-state index < -0.39 is 0 Å². The maximum atomic E-state index is 6.32. The van der Waals surface area contributed by atoms with E-state index in [4.69, 9.17) is 16.3 Å². The Labute approximate surface area is 131 Å². The zero-order valence-corrected chi connectivity index (χ0v) is 13.2. The smallest absolute Gasteiger partial charge is 0.118 e. The van der Waals surface area contributed by atoms with Gasteiger partial charge in [0.1, 0.15) is 5.75 Å². The van der Waals surface area contributed by atoms with Crippen molar-refractivity contribution < 1.29 is 4.74 Å². The lowest BCUT2D eigenvalue weighted by Gasteiger charge is -2.21. The molecule has 1 atom stereocenters. The van der Waals surface area contributed by atoms with Crippen LogP contribution in [0.3, 0.4) is 0 Å². The van der Waals surface area contributed by atoms with Gasteiger partial charge in [0.2, 0.25) is 0 Å². The van der Waals surface area contributed by atoms with Crippen molar-refractivity contribution in [1.82, 2.24) is 0 Å². The molecule has 1 unspecified atom stereocenters. The second kappa shape index (κ2) is 5.98. The number of hydrogen-bond donors (Lipinski definition) is 1. The van der Waals surface area contributed by atoms with Crippen molar-refractivity contribution in [2.45, 2.75) is 25.8 Å². The van der Waals surface area contributed by atoms with Crippen molar-refractivity contribution in [1.29, 1.82) is 0 Å². The van der Waals surface area contributed by atoms with Gasteiger partial charge in [-0.2, -0.15) is 0 Å². The summed E-state index contributed by atoms with van der Waals surface area (Å²) in [6, 6.07) is 14.7. The number of halogens is 1. The van der Waals surface area contributed by atoms with E-state index in [0.29, 0.717) is 12.0 Å². The highest BCUT2D eigenvalue weighted by atomic mass is 35.5. The molecule has 2 aromatic carbocycles. The number of nitrogens with one attached hydrogen (secondary N) is 1. The Balaban J connectivity index is 1.86. The van der Waals surface area contributed by atoms with Crippen molar-refractivity contribution >= 4 is 17.3 Å². The highest BCUT2D eigenvalue weighted by Gasteiger charge is 2.32. The van der Waals surface area contributed by atoms with Crippen LogP contribution in [0.25, 0.3) is 0 Å². The predicted molar refractivity (Wildman–Crippen MR) is 88.3 cm³/mol. The zero-order valence-electron chi connectivity index (χ0n) is 12.4. The van der Waals surface area contributed by atoms with Crippen molar-refractivity contribution in [3.8, 4) is 5.75 Å². The summed E-state index contributed by atoms with van der Waals surface area (Å²) in [6.07, 6.45) is 2.54. The number of benzene rings is 2. The number of ether oxygens (including phenoxy) is 1. The molecule has 3 heteroatoms. The molecule has 0 heterocycles. The molecule has 1 N–H and O–H groups in total. The fourth-order valence-electron chi connectivity index (χ4n) is 2.63. The number of aryl methyl sites for hydroxylation is 1. The molecule has 0 spiro atoms. The monoisotopic (exact) mass is 301 g/mol. The molecule has 2 nitrogen and oxygen atoms in total. The van der Waals surface area contributed by atoms with E-state index in [-0.39, 0.29) is 0 Å². The first kappa shape index (κ1) is 14.3. The minimum Gasteiger partial charge on any atom is -0.497 e. The number of rotatable bonds is 5. The van der Waals surface area contributed by atoms with Gasteiger partial charge in [0, 0.05) is 0 Å². The van der Waals surface area contributed by atoms with Gasteiger partial charge in [-0.05, 0) is 61.1 Å². The van der Waals surface area contributed by atoms with Crippen molar-refractivity contribution in [2.75, 3.05) is 12.4 Å². The Bertz CT molecular complexity index is 620. The Morgan fingerprint density at radius 2 is 1.86 bits per heavy atom. The van der Waals surface area contributed by atoms with Gasteiger partial charge in [-0.1, -0.05) is 29.8 Å². The molecule has 2 aromatic rings. The summed E-state index contributed by atoms with van der Waals surface area (Å²) < 4.78 is 5.24. The number of methoxy groups -OCH3 is 1. The van der Waals surface area contributed by atoms with Gasteiger partial charge < -0.3 is 10.1 Å². The van der Waals surface area contributed by atoms with E-state index in [1.807, 2.05) is 24.3 Å². The van der Waals surface area contributed by atoms with E-state index in [1.165, 1.54) is 24.0 Å². The standard InChI is InChI=1S/C18H20ClNO/c1-12-3-10-16(19)17(11-12)20-18(13-4-5-13)14-6-8-15(21-2)9-7-14/h3,6-11,13,18,20H,4-5H2,1-2H3. The highest BCUT2D eigenvalue weighted by Crippen LogP contribution is 2.44. The fourth-order valence-corrected chi connectivity index (χ4v) is 2.80. The lowest BCUT2D eigenvalue weighted by molar-refractivity contribution is 0.414. The van der Waals surface area contributed by atoms with Crippen molar-refractivity contribution in [2.24, 2.45) is 5.92 Å². The van der Waals surface area contributed by atoms with Crippen molar-refractivity contribution in [3.05, 3.63) is 58.6 Å². The Morgan fingerprint density at radius 3 is 2.48 bits per heavy atom. The van der Waals surface area contributed by atoms with Crippen LogP contribution in [0.2, 0.25) is 5.02 Å². The maximum Gasteiger partial charge on any atom is 0.118 e. The van der Waals surface area contributed by atoms with E-state index in [1.54, 1.807) is 7.11 Å². The summed E-state index contributed by atoms with van der Waals surface area (Å²) in [5.74, 6) is 1.58. The van der Waals surface area contributed by atoms with Gasteiger partial charge in [-0.25, -0.2) is 0 Å². The molecule has 110 valence electrons. The first-order valence-corrected chi connectivity index (χ1v) is 7.72. The van der Waals surface area contributed by atoms with E-state index >= 15 is 0 Å². The predicted octanol–water partition coefficient (Wildman–Crippen LogP) is 5.22. The highest BCUT2D eigenvalue weighted by molar-refractivity contribution is 6.33. The Hall–Kier alpha value is -1.67. The lowest BCUT2D eigenvalue weighted by atomic mass is 10.0. The SMILES string of the molecule is COc1ccc(C(Nc2cc(C)ccc2Cl)C2CC2)cc1. The average molecular weight is 302 g/mol. The van der Waals surface area contributed by atoms with Gasteiger partial charge in [-0.3, -0.25) is 0 Å². The second-order valence-corrected chi connectivity index (χ2v) is 6.12. The van der Waals surface area contributed by atoms with E-state index in [2.05, 4.69) is 30.4 Å². The summed E-state index contributed by atoms with van der Waals surface area (Å²) in [7, 11) is 1.69. The molecule has 21 heavy (non-hydrogen) atoms. The van der Waals surface area contributed by atoms with Crippen LogP contribution in [0.15, 0.2) is 42.5 Å². The van der Waals surface area contributed by atoms with Crippen LogP contribution < -0.4 is 10.1 Å². The minimum absolute atomic E-state index is 0.315. The molecule has 0 aromatic heterocycles. The average Bonchev–Trinajstić information content (AvgIpc) is 3.33. The van der Waals surface area contributed by atoms with Crippen LogP contribution >= 0.6 is 11.6 Å². The van der Waals surface area contributed by atoms with Crippen LogP contribution in [0.1, 0.15) is 30.0 Å². The molecule has 1 aliphatic carbocycles. The zero-order chi connectivity index (χ0) is 14.8. The third-order valence-electron chi connectivity index (χ3n) is 4.00. The van der Waals surface area contributed by atoms with Gasteiger partial charge in [0.05, 0.1) is 23.9 Å². The molecule has 1 saturated carbocycles. The number of anilines is 1. The summed E-state index contributed by atoms with van der Waals surface area (Å²) >= 11 is 6.32. The lowest BCUT2D eigenvalue weighted by Crippen LogP contribution is -2.13. The second-order valence-electron chi connectivity index (χ2n) is 5.72. The van der Waals surface area contributed by atoms with E-state index in [0.717, 1.165) is 16.5 Å². The molecule has 3 rings (SSSR count). The first-order valence-electron chi connectivity index (χ1n) is 7.34. The molecular weight excluding hydrogens is 282 g/mol. The van der Waals surface area contributed by atoms with Gasteiger partial charge in [-0.15, -0.1) is 0 Å². The molecule has 0 bridgehead atoms. The minimum atomic E-state index is 0.315. The van der Waals surface area contributed by atoms with Crippen LogP contribution in [-0.2, 0) is 0 Å². The van der Waals surface area contributed by atoms with Crippen molar-refractivity contribution in [3.63, 3.8) is 0 Å². The quantitative estimate of drug-likeness (QED) is 0.817. The van der Waals surface area contributed by atoms with E-state index in [9.17, 15) is 0 Å². The van der Waals surface area contributed by atoms with Crippen LogP contribution in [0, 0.1) is 12.8 Å². The Morgan fingerprint density at radius 1 is 1.14 bits per heavy atom. The molecule has 1 aliphatic rings. The van der Waals surface area contributed by atoms with Gasteiger partial charge >= 0.3 is 0 Å². The van der Waals surface area contributed by atoms with Gasteiger partial charge in [0.15, 0.2) is 0 Å². The summed E-state index contributed by atoms with van der Waals surface area (Å²) in [6.45, 7) is 2.08. The molecular formula is C18H20ClNO. The van der Waals surface area contributed by atoms with Crippen LogP contribution in [-0.4, -0.2) is 7.11 Å². The van der Waals surface area contributed by atoms with Crippen LogP contribution in [0.5, 0.6) is 5.75 Å². The molecule has 0 radical (unpaired) electrons. The summed E-state index contributed by atoms with van der Waals surface area (Å²) in [4.78, 5) is 0. The molecule has 0 saturated heterocycles. The van der Waals surface area contributed by atoms with Crippen LogP contribution in [0.4, 0.5) is 5.69 Å². The normalized spacial score (nSPS) is 15.6. The third kappa shape index (κ3) is 3.33. The molecule has 0 amide bonds. The Kier molecular flexibility index (Phi) is 4.07. The summed E-state index contributed by atoms with van der Waals surface area (Å²) in [5.41, 5.74) is 3.52. The first-order chi connectivity index (χ1) is 10.2. The number of hydrogen-bond acceptors (Lipinski definition) is 2. The molecule has 1 fully saturated rings. The summed E-state index contributed by atoms with van der Waals surface area (Å²) in [5, 5.41) is 4.41. The third-order valence-corrected chi connectivity index (χ3v) is 4.33. The fraction of sp³-hybridized carbons (Fsp3) is 0.333.